The highest BCUT2D eigenvalue weighted by Gasteiger charge is 2.52. The van der Waals surface area contributed by atoms with Crippen LogP contribution in [0.15, 0.2) is 170 Å². The van der Waals surface area contributed by atoms with Gasteiger partial charge in [0, 0.05) is 22.1 Å². The van der Waals surface area contributed by atoms with Gasteiger partial charge in [0.25, 0.3) is 0 Å². The van der Waals surface area contributed by atoms with Crippen molar-refractivity contribution in [2.24, 2.45) is 0 Å². The van der Waals surface area contributed by atoms with Crippen molar-refractivity contribution >= 4 is 38.9 Å². The third-order valence-electron chi connectivity index (χ3n) is 14.6. The maximum atomic E-state index is 10.5. The van der Waals surface area contributed by atoms with E-state index in [1.807, 2.05) is 12.1 Å². The second-order valence-corrected chi connectivity index (χ2v) is 18.6. The van der Waals surface area contributed by atoms with Crippen molar-refractivity contribution < 1.29 is 0 Å². The topological polar surface area (TPSA) is 55.8 Å². The summed E-state index contributed by atoms with van der Waals surface area (Å²) in [6.07, 6.45) is 11.9. The zero-order chi connectivity index (χ0) is 45.5. The molecule has 1 spiro atoms. The molecule has 1 aliphatic heterocycles. The molecule has 8 aromatic carbocycles. The number of para-hydroxylation sites is 3. The van der Waals surface area contributed by atoms with Gasteiger partial charge in [-0.3, -0.25) is 0 Å². The molecule has 2 heterocycles. The quantitative estimate of drug-likeness (QED) is 0.109. The highest BCUT2D eigenvalue weighted by Crippen LogP contribution is 2.64. The van der Waals surface area contributed by atoms with Crippen LogP contribution in [0.5, 0.6) is 0 Å². The van der Waals surface area contributed by atoms with Gasteiger partial charge < -0.3 is 9.47 Å². The number of nitriles is 2. The number of hydrogen-bond donors (Lipinski definition) is 0. The van der Waals surface area contributed by atoms with Crippen LogP contribution in [-0.2, 0) is 18.3 Å². The predicted octanol–water partition coefficient (Wildman–Crippen LogP) is 16.6. The van der Waals surface area contributed by atoms with E-state index in [-0.39, 0.29) is 0 Å². The van der Waals surface area contributed by atoms with Crippen LogP contribution in [0.25, 0.3) is 49.7 Å². The van der Waals surface area contributed by atoms with Gasteiger partial charge in [0.05, 0.1) is 51.1 Å². The van der Waals surface area contributed by atoms with Crippen LogP contribution >= 0.6 is 0 Å². The molecular formula is C63H54N4. The van der Waals surface area contributed by atoms with E-state index in [1.54, 1.807) is 0 Å². The van der Waals surface area contributed by atoms with E-state index in [0.29, 0.717) is 11.1 Å². The first-order chi connectivity index (χ1) is 33.0. The molecule has 4 heteroatoms. The molecule has 0 saturated heterocycles. The average Bonchev–Trinajstić information content (AvgIpc) is 3.86. The third-order valence-corrected chi connectivity index (χ3v) is 14.6. The molecule has 11 rings (SSSR count). The lowest BCUT2D eigenvalue weighted by atomic mass is 9.64. The molecule has 0 unspecified atom stereocenters. The maximum absolute atomic E-state index is 10.5. The predicted molar refractivity (Wildman–Crippen MR) is 277 cm³/mol. The number of aromatic nitrogens is 1. The van der Waals surface area contributed by atoms with Crippen molar-refractivity contribution in [1.29, 1.82) is 10.5 Å². The number of rotatable bonds is 13. The van der Waals surface area contributed by atoms with Crippen LogP contribution in [-0.4, -0.2) is 4.57 Å². The summed E-state index contributed by atoms with van der Waals surface area (Å²) in [7, 11) is 0. The van der Waals surface area contributed by atoms with Gasteiger partial charge in [-0.15, -0.1) is 0 Å². The molecule has 0 saturated carbocycles. The minimum absolute atomic E-state index is 0.619. The van der Waals surface area contributed by atoms with Crippen LogP contribution in [0.2, 0.25) is 0 Å². The molecule has 9 aromatic rings. The van der Waals surface area contributed by atoms with Gasteiger partial charge in [-0.05, 0) is 160 Å². The molecule has 0 radical (unpaired) electrons. The monoisotopic (exact) mass is 866 g/mol. The van der Waals surface area contributed by atoms with E-state index in [2.05, 4.69) is 193 Å². The molecule has 1 aliphatic carbocycles. The molecule has 67 heavy (non-hydrogen) atoms. The number of unbranched alkanes of at least 4 members (excludes halogenated alkanes) is 6. The zero-order valence-electron chi connectivity index (χ0n) is 38.5. The Labute approximate surface area is 395 Å². The standard InChI is InChI=1S/C63H54N4/c1-3-5-7-9-17-43-35-44(18-10-8-6-4-2)37-50(36-43)67-61-24-16-13-21-55(61)63(56-38-45(41-64)25-32-51(56)52-33-26-46(42-65)39-57(52)63)58-40-48(29-34-62(58)67)47-27-30-49(31-28-47)66-59-22-14-11-19-53(59)54-20-12-15-23-60(54)66/h11-16,19-40H,3-10,17-18H2,1-2H3. The number of nitrogens with zero attached hydrogens (tertiary/aromatic N) is 4. The molecule has 326 valence electrons. The first-order valence-electron chi connectivity index (χ1n) is 24.4. The van der Waals surface area contributed by atoms with Gasteiger partial charge in [0.1, 0.15) is 0 Å². The van der Waals surface area contributed by atoms with Crippen molar-refractivity contribution in [2.45, 2.75) is 83.5 Å². The summed E-state index contributed by atoms with van der Waals surface area (Å²) in [4.78, 5) is 2.51. The van der Waals surface area contributed by atoms with E-state index >= 15 is 0 Å². The average molecular weight is 867 g/mol. The zero-order valence-corrected chi connectivity index (χ0v) is 38.5. The Hall–Kier alpha value is -7.66. The Balaban J connectivity index is 1.14. The fourth-order valence-electron chi connectivity index (χ4n) is 11.5. The third kappa shape index (κ3) is 7.03. The Kier molecular flexibility index (Phi) is 11.0. The minimum Gasteiger partial charge on any atom is -0.310 e. The number of hydrogen-bond acceptors (Lipinski definition) is 3. The van der Waals surface area contributed by atoms with Crippen molar-refractivity contribution in [3.05, 3.63) is 214 Å². The molecule has 0 fully saturated rings. The molecule has 4 nitrogen and oxygen atoms in total. The fourth-order valence-corrected chi connectivity index (χ4v) is 11.5. The van der Waals surface area contributed by atoms with E-state index < -0.39 is 5.41 Å². The Bertz CT molecular complexity index is 3280. The summed E-state index contributed by atoms with van der Waals surface area (Å²) in [6.45, 7) is 4.56. The van der Waals surface area contributed by atoms with Gasteiger partial charge in [0.15, 0.2) is 0 Å². The number of anilines is 3. The van der Waals surface area contributed by atoms with Crippen molar-refractivity contribution in [3.63, 3.8) is 0 Å². The lowest BCUT2D eigenvalue weighted by Crippen LogP contribution is -2.36. The van der Waals surface area contributed by atoms with E-state index in [1.165, 1.54) is 90.0 Å². The van der Waals surface area contributed by atoms with Gasteiger partial charge in [-0.1, -0.05) is 143 Å². The second kappa shape index (κ2) is 17.6. The normalized spacial score (nSPS) is 13.0. The minimum atomic E-state index is -0.813. The summed E-state index contributed by atoms with van der Waals surface area (Å²) in [6, 6.07) is 66.9. The van der Waals surface area contributed by atoms with Crippen molar-refractivity contribution in [1.82, 2.24) is 4.57 Å². The molecule has 2 aliphatic rings. The summed E-state index contributed by atoms with van der Waals surface area (Å²) in [5.74, 6) is 0. The van der Waals surface area contributed by atoms with Gasteiger partial charge in [-0.2, -0.15) is 10.5 Å². The highest BCUT2D eigenvalue weighted by atomic mass is 15.2. The molecule has 0 bridgehead atoms. The van der Waals surface area contributed by atoms with Crippen LogP contribution in [0.1, 0.15) is 110 Å². The molecule has 1 aromatic heterocycles. The smallest absolute Gasteiger partial charge is 0.0991 e. The van der Waals surface area contributed by atoms with Crippen LogP contribution in [0.4, 0.5) is 17.1 Å². The molecular weight excluding hydrogens is 813 g/mol. The Morgan fingerprint density at radius 3 is 1.55 bits per heavy atom. The highest BCUT2D eigenvalue weighted by molar-refractivity contribution is 6.09. The summed E-state index contributed by atoms with van der Waals surface area (Å²) >= 11 is 0. The second-order valence-electron chi connectivity index (χ2n) is 18.6. The van der Waals surface area contributed by atoms with Crippen LogP contribution < -0.4 is 4.90 Å². The lowest BCUT2D eigenvalue weighted by molar-refractivity contribution is 0.661. The lowest BCUT2D eigenvalue weighted by Gasteiger charge is -2.45. The first kappa shape index (κ1) is 42.0. The first-order valence-corrected chi connectivity index (χ1v) is 24.4. The largest absolute Gasteiger partial charge is 0.310 e. The number of fused-ring (bicyclic) bond motifs is 12. The summed E-state index contributed by atoms with van der Waals surface area (Å²) in [5, 5.41) is 23.4. The molecule has 0 N–H and O–H groups in total. The van der Waals surface area contributed by atoms with E-state index in [9.17, 15) is 10.5 Å². The summed E-state index contributed by atoms with van der Waals surface area (Å²) < 4.78 is 2.37. The van der Waals surface area contributed by atoms with E-state index in [0.717, 1.165) is 74.4 Å². The van der Waals surface area contributed by atoms with Crippen LogP contribution in [0, 0.1) is 22.7 Å². The van der Waals surface area contributed by atoms with Gasteiger partial charge in [0.2, 0.25) is 0 Å². The van der Waals surface area contributed by atoms with Crippen molar-refractivity contribution in [2.75, 3.05) is 4.90 Å². The number of benzene rings is 8. The molecule has 0 amide bonds. The molecule has 0 atom stereocenters. The van der Waals surface area contributed by atoms with Gasteiger partial charge >= 0.3 is 0 Å². The number of aryl methyl sites for hydroxylation is 2. The SMILES string of the molecule is CCCCCCc1cc(CCCCCC)cc(N2c3ccccc3C3(c4cc(C#N)ccc4-c4ccc(C#N)cc43)c3cc(-c4ccc(-n5c6ccccc6c6ccccc65)cc4)ccc32)c1. The van der Waals surface area contributed by atoms with E-state index in [4.69, 9.17) is 0 Å². The summed E-state index contributed by atoms with van der Waals surface area (Å²) in [5.41, 5.74) is 18.9. The van der Waals surface area contributed by atoms with Gasteiger partial charge in [-0.25, -0.2) is 0 Å². The Morgan fingerprint density at radius 1 is 0.433 bits per heavy atom. The maximum Gasteiger partial charge on any atom is 0.0991 e. The van der Waals surface area contributed by atoms with Crippen LogP contribution in [0.3, 0.4) is 0 Å². The van der Waals surface area contributed by atoms with Crippen molar-refractivity contribution in [3.8, 4) is 40.1 Å². The Morgan fingerprint density at radius 2 is 0.970 bits per heavy atom. The fraction of sp³-hybridized carbons (Fsp3) is 0.206.